The van der Waals surface area contributed by atoms with Gasteiger partial charge in [-0.2, -0.15) is 0 Å². The largest absolute Gasteiger partial charge is 0.322 e. The van der Waals surface area contributed by atoms with Gasteiger partial charge < -0.3 is 5.32 Å². The number of nitrogens with zero attached hydrogens (tertiary/aromatic N) is 2. The van der Waals surface area contributed by atoms with Crippen LogP contribution < -0.4 is 5.32 Å². The van der Waals surface area contributed by atoms with Gasteiger partial charge in [0.25, 0.3) is 5.91 Å². The maximum Gasteiger partial charge on any atom is 0.255 e. The Bertz CT molecular complexity index is 1040. The molecule has 1 heterocycles. The molecule has 0 spiro atoms. The smallest absolute Gasteiger partial charge is 0.255 e. The monoisotopic (exact) mass is 403 g/mol. The van der Waals surface area contributed by atoms with Crippen LogP contribution in [-0.4, -0.2) is 37.2 Å². The van der Waals surface area contributed by atoms with E-state index < -0.39 is 10.0 Å². The molecular weight excluding hydrogens is 382 g/mol. The van der Waals surface area contributed by atoms with Crippen LogP contribution in [-0.2, 0) is 10.0 Å². The Morgan fingerprint density at radius 3 is 2.63 bits per heavy atom. The van der Waals surface area contributed by atoms with E-state index in [1.165, 1.54) is 39.9 Å². The molecule has 0 aliphatic heterocycles. The Labute approximate surface area is 162 Å². The summed E-state index contributed by atoms with van der Waals surface area (Å²) in [5, 5.41) is 2.81. The summed E-state index contributed by atoms with van der Waals surface area (Å²) in [5.74, 6) is -0.298. The summed E-state index contributed by atoms with van der Waals surface area (Å²) in [7, 11) is -1.97. The Kier molecular flexibility index (Phi) is 5.88. The van der Waals surface area contributed by atoms with Crippen LogP contribution in [0.1, 0.15) is 30.1 Å². The Hall–Kier alpha value is -2.29. The Morgan fingerprint density at radius 1 is 1.19 bits per heavy atom. The molecule has 3 rings (SSSR count). The van der Waals surface area contributed by atoms with E-state index >= 15 is 0 Å². The van der Waals surface area contributed by atoms with Gasteiger partial charge in [0, 0.05) is 24.8 Å². The zero-order valence-corrected chi connectivity index (χ0v) is 16.8. The molecule has 0 radical (unpaired) electrons. The van der Waals surface area contributed by atoms with Crippen molar-refractivity contribution in [2.45, 2.75) is 24.7 Å². The predicted molar refractivity (Wildman–Crippen MR) is 109 cm³/mol. The first-order chi connectivity index (χ1) is 12.9. The molecule has 1 N–H and O–H groups in total. The average Bonchev–Trinajstić information content (AvgIpc) is 3.13. The average molecular weight is 404 g/mol. The SMILES string of the molecule is CCCCN(C)S(=O)(=O)c1ccc(C(=O)Nc2ccc3scnc3c2)cc1. The summed E-state index contributed by atoms with van der Waals surface area (Å²) in [6, 6.07) is 11.5. The summed E-state index contributed by atoms with van der Waals surface area (Å²) in [4.78, 5) is 16.8. The predicted octanol–water partition coefficient (Wildman–Crippen LogP) is 3.97. The molecule has 0 aliphatic rings. The lowest BCUT2D eigenvalue weighted by molar-refractivity contribution is 0.102. The lowest BCUT2D eigenvalue weighted by atomic mass is 10.2. The molecule has 3 aromatic rings. The maximum absolute atomic E-state index is 12.5. The van der Waals surface area contributed by atoms with E-state index in [9.17, 15) is 13.2 Å². The van der Waals surface area contributed by atoms with Crippen molar-refractivity contribution < 1.29 is 13.2 Å². The Morgan fingerprint density at radius 2 is 1.93 bits per heavy atom. The van der Waals surface area contributed by atoms with Crippen molar-refractivity contribution in [3.63, 3.8) is 0 Å². The molecular formula is C19H21N3O3S2. The molecule has 0 aliphatic carbocycles. The normalized spacial score (nSPS) is 11.8. The van der Waals surface area contributed by atoms with E-state index in [4.69, 9.17) is 0 Å². The fourth-order valence-corrected chi connectivity index (χ4v) is 4.47. The number of anilines is 1. The van der Waals surface area contributed by atoms with Gasteiger partial charge in [-0.3, -0.25) is 4.79 Å². The van der Waals surface area contributed by atoms with Crippen LogP contribution in [0, 0.1) is 0 Å². The van der Waals surface area contributed by atoms with Crippen LogP contribution in [0.4, 0.5) is 5.69 Å². The number of carbonyl (C=O) groups excluding carboxylic acids is 1. The van der Waals surface area contributed by atoms with Crippen molar-refractivity contribution in [3.8, 4) is 0 Å². The number of hydrogen-bond acceptors (Lipinski definition) is 5. The first-order valence-electron chi connectivity index (χ1n) is 8.63. The van der Waals surface area contributed by atoms with Gasteiger partial charge in [-0.1, -0.05) is 13.3 Å². The fraction of sp³-hybridized carbons (Fsp3) is 0.263. The molecule has 0 saturated carbocycles. The molecule has 2 aromatic carbocycles. The molecule has 0 atom stereocenters. The van der Waals surface area contributed by atoms with Crippen molar-refractivity contribution in [2.75, 3.05) is 18.9 Å². The van der Waals surface area contributed by atoms with Crippen molar-refractivity contribution in [2.24, 2.45) is 0 Å². The highest BCUT2D eigenvalue weighted by molar-refractivity contribution is 7.89. The second-order valence-corrected chi connectivity index (χ2v) is 9.12. The number of nitrogens with one attached hydrogen (secondary N) is 1. The van der Waals surface area contributed by atoms with Crippen molar-refractivity contribution in [1.29, 1.82) is 0 Å². The lowest BCUT2D eigenvalue weighted by Crippen LogP contribution is -2.28. The highest BCUT2D eigenvalue weighted by atomic mass is 32.2. The van der Waals surface area contributed by atoms with Gasteiger partial charge in [0.05, 0.1) is 20.6 Å². The zero-order valence-electron chi connectivity index (χ0n) is 15.2. The van der Waals surface area contributed by atoms with Gasteiger partial charge in [0.1, 0.15) is 0 Å². The van der Waals surface area contributed by atoms with Crippen LogP contribution in [0.15, 0.2) is 52.9 Å². The second-order valence-electron chi connectivity index (χ2n) is 6.19. The van der Waals surface area contributed by atoms with Crippen molar-refractivity contribution in [3.05, 3.63) is 53.5 Å². The molecule has 1 aromatic heterocycles. The molecule has 142 valence electrons. The van der Waals surface area contributed by atoms with E-state index in [-0.39, 0.29) is 10.8 Å². The molecule has 27 heavy (non-hydrogen) atoms. The van der Waals surface area contributed by atoms with Crippen LogP contribution in [0.2, 0.25) is 0 Å². The number of amides is 1. The topological polar surface area (TPSA) is 79.4 Å². The van der Waals surface area contributed by atoms with Gasteiger partial charge in [-0.25, -0.2) is 17.7 Å². The molecule has 6 nitrogen and oxygen atoms in total. The van der Waals surface area contributed by atoms with Gasteiger partial charge in [-0.15, -0.1) is 11.3 Å². The van der Waals surface area contributed by atoms with Crippen molar-refractivity contribution >= 4 is 43.2 Å². The minimum atomic E-state index is -3.54. The minimum absolute atomic E-state index is 0.182. The minimum Gasteiger partial charge on any atom is -0.322 e. The van der Waals surface area contributed by atoms with E-state index in [1.54, 1.807) is 12.6 Å². The standard InChI is InChI=1S/C19H21N3O3S2/c1-3-4-11-22(2)27(24,25)16-8-5-14(6-9-16)19(23)21-15-7-10-18-17(12-15)20-13-26-18/h5-10,12-13H,3-4,11H2,1-2H3,(H,21,23). The Balaban J connectivity index is 1.73. The van der Waals surface area contributed by atoms with Gasteiger partial charge in [-0.05, 0) is 48.9 Å². The summed E-state index contributed by atoms with van der Waals surface area (Å²) < 4.78 is 27.4. The number of sulfonamides is 1. The van der Waals surface area contributed by atoms with E-state index in [2.05, 4.69) is 10.3 Å². The number of aromatic nitrogens is 1. The first kappa shape index (κ1) is 19.5. The number of rotatable bonds is 7. The van der Waals surface area contributed by atoms with Gasteiger partial charge in [0.2, 0.25) is 10.0 Å². The fourth-order valence-electron chi connectivity index (χ4n) is 2.60. The maximum atomic E-state index is 12.5. The summed E-state index contributed by atoms with van der Waals surface area (Å²) in [5.41, 5.74) is 3.62. The van der Waals surface area contributed by atoms with Gasteiger partial charge in [0.15, 0.2) is 0 Å². The van der Waals surface area contributed by atoms with Gasteiger partial charge >= 0.3 is 0 Å². The zero-order chi connectivity index (χ0) is 19.4. The van der Waals surface area contributed by atoms with E-state index in [0.717, 1.165) is 23.1 Å². The van der Waals surface area contributed by atoms with Crippen LogP contribution in [0.3, 0.4) is 0 Å². The number of carbonyl (C=O) groups is 1. The number of benzene rings is 2. The third-order valence-electron chi connectivity index (χ3n) is 4.24. The molecule has 0 unspecified atom stereocenters. The number of unbranched alkanes of at least 4 members (excludes halogenated alkanes) is 1. The van der Waals surface area contributed by atoms with Crippen LogP contribution in [0.5, 0.6) is 0 Å². The summed E-state index contributed by atoms with van der Waals surface area (Å²) in [6.45, 7) is 2.49. The lowest BCUT2D eigenvalue weighted by Gasteiger charge is -2.17. The number of fused-ring (bicyclic) bond motifs is 1. The first-order valence-corrected chi connectivity index (χ1v) is 10.9. The van der Waals surface area contributed by atoms with Crippen molar-refractivity contribution in [1.82, 2.24) is 9.29 Å². The summed E-state index contributed by atoms with van der Waals surface area (Å²) >= 11 is 1.54. The van der Waals surface area contributed by atoms with Crippen LogP contribution in [0.25, 0.3) is 10.2 Å². The number of thiazole rings is 1. The quantitative estimate of drug-likeness (QED) is 0.647. The second kappa shape index (κ2) is 8.16. The van der Waals surface area contributed by atoms with E-state index in [1.807, 2.05) is 25.1 Å². The highest BCUT2D eigenvalue weighted by Crippen LogP contribution is 2.22. The molecule has 8 heteroatoms. The third kappa shape index (κ3) is 4.35. The van der Waals surface area contributed by atoms with E-state index in [0.29, 0.717) is 17.8 Å². The third-order valence-corrected chi connectivity index (χ3v) is 6.92. The molecule has 0 saturated heterocycles. The highest BCUT2D eigenvalue weighted by Gasteiger charge is 2.20. The molecule has 0 bridgehead atoms. The number of hydrogen-bond donors (Lipinski definition) is 1. The molecule has 1 amide bonds. The molecule has 0 fully saturated rings. The van der Waals surface area contributed by atoms with Crippen LogP contribution >= 0.6 is 11.3 Å². The summed E-state index contributed by atoms with van der Waals surface area (Å²) in [6.07, 6.45) is 1.73.